The van der Waals surface area contributed by atoms with Crippen LogP contribution in [-0.2, 0) is 33.3 Å². The van der Waals surface area contributed by atoms with Crippen molar-refractivity contribution in [3.05, 3.63) is 24.3 Å². The van der Waals surface area contributed by atoms with Crippen LogP contribution in [0.4, 0.5) is 0 Å². The Kier molecular flexibility index (Phi) is 66.9. The Bertz CT molecular complexity index is 1460. The summed E-state index contributed by atoms with van der Waals surface area (Å²) in [6.45, 7) is 4.82. The quantitative estimate of drug-likeness (QED) is 0.0195. The lowest BCUT2D eigenvalue weighted by atomic mass is 10.0. The number of unbranched alkanes of at least 4 members (excludes halogenated alkanes) is 53. The molecule has 9 nitrogen and oxygen atoms in total. The molecule has 0 aliphatic carbocycles. The Labute approximate surface area is 535 Å². The molecule has 508 valence electrons. The number of likely N-dealkylation sites (N-methyl/N-ethyl adjacent to an activating group) is 1. The summed E-state index contributed by atoms with van der Waals surface area (Å²) in [7, 11) is 5.95. The van der Waals surface area contributed by atoms with Crippen LogP contribution in [0.15, 0.2) is 24.3 Å². The number of quaternary nitrogens is 1. The highest BCUT2D eigenvalue weighted by atomic mass is 16.7. The zero-order valence-corrected chi connectivity index (χ0v) is 58.2. The number of esters is 2. The molecule has 0 heterocycles. The number of carboxylic acid groups (broad SMARTS) is 1. The average Bonchev–Trinajstić information content (AvgIpc) is 3.63. The molecule has 2 unspecified atom stereocenters. The second-order valence-electron chi connectivity index (χ2n) is 27.3. The van der Waals surface area contributed by atoms with Gasteiger partial charge >= 0.3 is 11.9 Å². The van der Waals surface area contributed by atoms with Gasteiger partial charge in [-0.05, 0) is 44.9 Å². The third-order valence-electron chi connectivity index (χ3n) is 17.5. The first-order chi connectivity index (χ1) is 42.1. The number of carbonyl (C=O) groups excluding carboxylic acids is 3. The molecule has 86 heavy (non-hydrogen) atoms. The summed E-state index contributed by atoms with van der Waals surface area (Å²) in [5.41, 5.74) is 0. The molecule has 0 saturated heterocycles. The molecule has 0 amide bonds. The fourth-order valence-corrected chi connectivity index (χ4v) is 11.6. The third-order valence-corrected chi connectivity index (χ3v) is 17.5. The molecule has 0 aromatic carbocycles. The van der Waals surface area contributed by atoms with Gasteiger partial charge in [0.15, 0.2) is 12.4 Å². The number of aliphatic carboxylic acids is 1. The summed E-state index contributed by atoms with van der Waals surface area (Å²) >= 11 is 0. The molecule has 0 aliphatic rings. The molecule has 0 N–H and O–H groups in total. The lowest BCUT2D eigenvalue weighted by molar-refractivity contribution is -0.870. The van der Waals surface area contributed by atoms with E-state index in [1.54, 1.807) is 0 Å². The number of allylic oxidation sites excluding steroid dienone is 4. The van der Waals surface area contributed by atoms with E-state index < -0.39 is 24.3 Å². The van der Waals surface area contributed by atoms with E-state index in [0.29, 0.717) is 23.9 Å². The number of carbonyl (C=O) groups is 3. The smallest absolute Gasteiger partial charge is 0.306 e. The highest BCUT2D eigenvalue weighted by molar-refractivity contribution is 5.70. The third kappa shape index (κ3) is 69.2. The van der Waals surface area contributed by atoms with E-state index in [2.05, 4.69) is 38.2 Å². The molecular formula is C77H147NO8. The second-order valence-corrected chi connectivity index (χ2v) is 27.3. The predicted octanol–water partition coefficient (Wildman–Crippen LogP) is 22.4. The molecule has 0 radical (unpaired) electrons. The molecule has 0 saturated carbocycles. The minimum atomic E-state index is -1.62. The van der Waals surface area contributed by atoms with Crippen LogP contribution in [0.5, 0.6) is 0 Å². The monoisotopic (exact) mass is 1210 g/mol. The number of rotatable bonds is 72. The summed E-state index contributed by atoms with van der Waals surface area (Å²) in [6.07, 6.45) is 82.9. The van der Waals surface area contributed by atoms with E-state index >= 15 is 0 Å². The molecule has 0 aromatic heterocycles. The van der Waals surface area contributed by atoms with E-state index in [4.69, 9.17) is 18.9 Å². The normalized spacial score (nSPS) is 12.7. The molecular weight excluding hydrogens is 1070 g/mol. The van der Waals surface area contributed by atoms with Crippen molar-refractivity contribution in [3.63, 3.8) is 0 Å². The van der Waals surface area contributed by atoms with Crippen LogP contribution in [-0.4, -0.2) is 82.3 Å². The number of hydrogen-bond donors (Lipinski definition) is 0. The lowest BCUT2D eigenvalue weighted by Crippen LogP contribution is -2.44. The van der Waals surface area contributed by atoms with Gasteiger partial charge in [-0.1, -0.05) is 359 Å². The predicted molar refractivity (Wildman–Crippen MR) is 366 cm³/mol. The molecule has 0 bridgehead atoms. The van der Waals surface area contributed by atoms with Crippen LogP contribution >= 0.6 is 0 Å². The number of nitrogens with zero attached hydrogens (tertiary/aromatic N) is 1. The molecule has 0 aromatic rings. The second kappa shape index (κ2) is 68.7. The van der Waals surface area contributed by atoms with Crippen LogP contribution in [0.3, 0.4) is 0 Å². The highest BCUT2D eigenvalue weighted by Gasteiger charge is 2.22. The Balaban J connectivity index is 3.97. The van der Waals surface area contributed by atoms with Crippen molar-refractivity contribution in [2.24, 2.45) is 0 Å². The number of hydrogen-bond acceptors (Lipinski definition) is 8. The first kappa shape index (κ1) is 83.8. The fraction of sp³-hybridized carbons (Fsp3) is 0.909. The number of ether oxygens (including phenoxy) is 4. The zero-order chi connectivity index (χ0) is 62.6. The molecule has 0 aliphatic heterocycles. The van der Waals surface area contributed by atoms with Gasteiger partial charge < -0.3 is 33.3 Å². The van der Waals surface area contributed by atoms with E-state index in [-0.39, 0.29) is 32.2 Å². The molecule has 2 atom stereocenters. The van der Waals surface area contributed by atoms with Crippen molar-refractivity contribution in [2.75, 3.05) is 47.5 Å². The van der Waals surface area contributed by atoms with Gasteiger partial charge in [0.1, 0.15) is 13.2 Å². The zero-order valence-electron chi connectivity index (χ0n) is 58.2. The van der Waals surface area contributed by atoms with Gasteiger partial charge in [0.2, 0.25) is 0 Å². The Morgan fingerprint density at radius 2 is 0.628 bits per heavy atom. The van der Waals surface area contributed by atoms with Gasteiger partial charge in [-0.15, -0.1) is 0 Å². The van der Waals surface area contributed by atoms with Gasteiger partial charge in [0, 0.05) is 12.8 Å². The summed E-state index contributed by atoms with van der Waals surface area (Å²) in [5.74, 6) is -2.25. The van der Waals surface area contributed by atoms with Crippen molar-refractivity contribution in [1.82, 2.24) is 0 Å². The summed E-state index contributed by atoms with van der Waals surface area (Å²) in [6, 6.07) is 0. The van der Waals surface area contributed by atoms with Crippen molar-refractivity contribution >= 4 is 17.9 Å². The van der Waals surface area contributed by atoms with Crippen molar-refractivity contribution in [3.8, 4) is 0 Å². The van der Waals surface area contributed by atoms with E-state index in [9.17, 15) is 19.5 Å². The Morgan fingerprint density at radius 1 is 0.349 bits per heavy atom. The van der Waals surface area contributed by atoms with Crippen LogP contribution in [0.25, 0.3) is 0 Å². The van der Waals surface area contributed by atoms with Crippen LogP contribution in [0.2, 0.25) is 0 Å². The summed E-state index contributed by atoms with van der Waals surface area (Å²) in [4.78, 5) is 37.5. The maximum absolute atomic E-state index is 12.9. The van der Waals surface area contributed by atoms with Gasteiger partial charge in [0.05, 0.1) is 40.3 Å². The van der Waals surface area contributed by atoms with E-state index in [1.807, 2.05) is 21.1 Å². The minimum Gasteiger partial charge on any atom is -0.545 e. The molecule has 0 spiro atoms. The van der Waals surface area contributed by atoms with Gasteiger partial charge in [-0.25, -0.2) is 0 Å². The average molecular weight is 1220 g/mol. The van der Waals surface area contributed by atoms with Crippen molar-refractivity contribution in [2.45, 2.75) is 405 Å². The number of carboxylic acids is 1. The van der Waals surface area contributed by atoms with Crippen LogP contribution < -0.4 is 5.11 Å². The standard InChI is InChI=1S/C77H147NO8/c1-6-8-10-12-14-16-18-20-22-24-26-28-30-32-33-34-35-36-37-38-39-40-41-42-44-45-47-49-51-53-55-57-59-61-63-65-67-74(79)84-71-73(72-85-77(76(81)82)83-70-69-78(3,4)5)86-75(80)68-66-64-62-60-58-56-54-52-50-48-46-43-31-29-27-25-23-21-19-17-15-13-11-9-7-2/h19,21,25,27,73,77H,6-18,20,22-24,26,28-72H2,1-5H3/b21-19-,27-25-. The molecule has 9 heteroatoms. The first-order valence-electron chi connectivity index (χ1n) is 38.0. The lowest BCUT2D eigenvalue weighted by Gasteiger charge is -2.26. The SMILES string of the molecule is CCCCCCC/C=C\C/C=C\CCCCCCCCCCCCCCCC(=O)OC(COC(=O)CCCCCCCCCCCCCCCCCCCCCCCCCCCCCCCCCCCCCC)COC(OCC[N+](C)(C)C)C(=O)[O-]. The maximum atomic E-state index is 12.9. The summed E-state index contributed by atoms with van der Waals surface area (Å²) < 4.78 is 22.8. The maximum Gasteiger partial charge on any atom is 0.306 e. The van der Waals surface area contributed by atoms with E-state index in [1.165, 1.54) is 321 Å². The van der Waals surface area contributed by atoms with Gasteiger partial charge in [-0.2, -0.15) is 0 Å². The Hall–Kier alpha value is -2.23. The Morgan fingerprint density at radius 3 is 0.919 bits per heavy atom. The van der Waals surface area contributed by atoms with Gasteiger partial charge in [0.25, 0.3) is 0 Å². The van der Waals surface area contributed by atoms with Gasteiger partial charge in [-0.3, -0.25) is 9.59 Å². The van der Waals surface area contributed by atoms with Crippen LogP contribution in [0.1, 0.15) is 393 Å². The van der Waals surface area contributed by atoms with Crippen molar-refractivity contribution in [1.29, 1.82) is 0 Å². The van der Waals surface area contributed by atoms with E-state index in [0.717, 1.165) is 38.5 Å². The topological polar surface area (TPSA) is 111 Å². The highest BCUT2D eigenvalue weighted by Crippen LogP contribution is 2.20. The molecule has 0 rings (SSSR count). The fourth-order valence-electron chi connectivity index (χ4n) is 11.6. The first-order valence-corrected chi connectivity index (χ1v) is 38.0. The molecule has 0 fully saturated rings. The summed E-state index contributed by atoms with van der Waals surface area (Å²) in [5, 5.41) is 11.8. The minimum absolute atomic E-state index is 0.151. The largest absolute Gasteiger partial charge is 0.545 e. The van der Waals surface area contributed by atoms with Crippen molar-refractivity contribution < 1.29 is 42.9 Å². The van der Waals surface area contributed by atoms with Crippen LogP contribution in [0, 0.1) is 0 Å².